The van der Waals surface area contributed by atoms with E-state index >= 15 is 0 Å². The van der Waals surface area contributed by atoms with E-state index in [0.29, 0.717) is 5.75 Å². The van der Waals surface area contributed by atoms with Crippen molar-refractivity contribution in [2.45, 2.75) is 38.6 Å². The highest BCUT2D eigenvalue weighted by molar-refractivity contribution is 7.85. The van der Waals surface area contributed by atoms with Crippen molar-refractivity contribution in [2.24, 2.45) is 5.73 Å². The first-order valence-corrected chi connectivity index (χ1v) is 8.48. The largest absolute Gasteiger partial charge is 0.323 e. The van der Waals surface area contributed by atoms with E-state index in [-0.39, 0.29) is 6.04 Å². The molecule has 112 valence electrons. The van der Waals surface area contributed by atoms with E-state index in [9.17, 15) is 4.21 Å². The van der Waals surface area contributed by atoms with Crippen LogP contribution < -0.4 is 5.73 Å². The van der Waals surface area contributed by atoms with Gasteiger partial charge in [0.2, 0.25) is 0 Å². The first-order valence-electron chi connectivity index (χ1n) is 7.17. The smallest absolute Gasteiger partial charge is 0.0551 e. The Balaban J connectivity index is 2.20. The third-order valence-corrected chi connectivity index (χ3v) is 5.34. The van der Waals surface area contributed by atoms with Crippen molar-refractivity contribution in [1.82, 2.24) is 0 Å². The van der Waals surface area contributed by atoms with Gasteiger partial charge in [-0.3, -0.25) is 4.21 Å². The van der Waals surface area contributed by atoms with Crippen LogP contribution >= 0.6 is 0 Å². The number of hydrogen-bond donors (Lipinski definition) is 1. The van der Waals surface area contributed by atoms with Gasteiger partial charge in [0.25, 0.3) is 0 Å². The summed E-state index contributed by atoms with van der Waals surface area (Å²) in [4.78, 5) is 0.898. The summed E-state index contributed by atoms with van der Waals surface area (Å²) in [5.74, 6) is 0.453. The second-order valence-corrected chi connectivity index (χ2v) is 7.21. The van der Waals surface area contributed by atoms with Crippen molar-refractivity contribution in [1.29, 1.82) is 0 Å². The number of aryl methyl sites for hydroxylation is 4. The Morgan fingerprint density at radius 3 is 2.24 bits per heavy atom. The number of nitrogens with two attached hydrogens (primary N) is 1. The van der Waals surface area contributed by atoms with E-state index in [1.165, 1.54) is 11.1 Å². The van der Waals surface area contributed by atoms with Crippen LogP contribution in [0, 0.1) is 27.7 Å². The van der Waals surface area contributed by atoms with Gasteiger partial charge in [0.1, 0.15) is 0 Å². The van der Waals surface area contributed by atoms with Crippen molar-refractivity contribution in [3.8, 4) is 0 Å². The molecule has 0 aliphatic carbocycles. The molecular weight excluding hydrogens is 278 g/mol. The number of rotatable bonds is 4. The maximum atomic E-state index is 12.6. The molecule has 0 heterocycles. The van der Waals surface area contributed by atoms with Crippen molar-refractivity contribution in [3.63, 3.8) is 0 Å². The SMILES string of the molecule is Cc1ccc(C(N)CS(=O)c2cc(C)ccc2C)c(C)c1. The summed E-state index contributed by atoms with van der Waals surface area (Å²) in [5, 5.41) is 0. The average molecular weight is 301 g/mol. The first kappa shape index (κ1) is 15.9. The molecule has 2 rings (SSSR count). The first-order chi connectivity index (χ1) is 9.88. The van der Waals surface area contributed by atoms with Gasteiger partial charge in [0, 0.05) is 16.7 Å². The lowest BCUT2D eigenvalue weighted by Crippen LogP contribution is -2.20. The Bertz CT molecular complexity index is 679. The quantitative estimate of drug-likeness (QED) is 0.935. The highest BCUT2D eigenvalue weighted by Crippen LogP contribution is 2.22. The molecule has 21 heavy (non-hydrogen) atoms. The number of hydrogen-bond acceptors (Lipinski definition) is 2. The van der Waals surface area contributed by atoms with Crippen LogP contribution in [0.5, 0.6) is 0 Å². The Labute approximate surface area is 129 Å². The molecule has 2 aromatic carbocycles. The van der Waals surface area contributed by atoms with Crippen molar-refractivity contribution in [2.75, 3.05) is 5.75 Å². The maximum absolute atomic E-state index is 12.6. The molecule has 2 N–H and O–H groups in total. The second kappa shape index (κ2) is 6.54. The topological polar surface area (TPSA) is 43.1 Å². The molecule has 0 bridgehead atoms. The second-order valence-electron chi connectivity index (χ2n) is 5.75. The summed E-state index contributed by atoms with van der Waals surface area (Å²) in [5.41, 5.74) is 11.9. The molecule has 0 saturated carbocycles. The van der Waals surface area contributed by atoms with Crippen LogP contribution in [0.25, 0.3) is 0 Å². The Morgan fingerprint density at radius 1 is 0.952 bits per heavy atom. The average Bonchev–Trinajstić information content (AvgIpc) is 2.41. The Morgan fingerprint density at radius 2 is 1.57 bits per heavy atom. The van der Waals surface area contributed by atoms with Gasteiger partial charge in [0.15, 0.2) is 0 Å². The molecule has 0 saturated heterocycles. The van der Waals surface area contributed by atoms with Crippen LogP contribution in [0.1, 0.15) is 33.9 Å². The Hall–Kier alpha value is -1.45. The van der Waals surface area contributed by atoms with Gasteiger partial charge in [-0.2, -0.15) is 0 Å². The fourth-order valence-corrected chi connectivity index (χ4v) is 3.97. The van der Waals surface area contributed by atoms with Gasteiger partial charge in [-0.25, -0.2) is 0 Å². The molecule has 3 heteroatoms. The van der Waals surface area contributed by atoms with Gasteiger partial charge >= 0.3 is 0 Å². The summed E-state index contributed by atoms with van der Waals surface area (Å²) < 4.78 is 12.6. The van der Waals surface area contributed by atoms with Gasteiger partial charge in [0.05, 0.1) is 10.8 Å². The minimum atomic E-state index is -1.07. The molecule has 0 fully saturated rings. The summed E-state index contributed by atoms with van der Waals surface area (Å²) in [7, 11) is -1.07. The van der Waals surface area contributed by atoms with Crippen LogP contribution in [-0.2, 0) is 10.8 Å². The normalized spacial score (nSPS) is 14.0. The van der Waals surface area contributed by atoms with Crippen LogP contribution in [0.4, 0.5) is 0 Å². The van der Waals surface area contributed by atoms with Gasteiger partial charge < -0.3 is 5.73 Å². The predicted molar refractivity (Wildman–Crippen MR) is 90.0 cm³/mol. The van der Waals surface area contributed by atoms with E-state index in [1.54, 1.807) is 0 Å². The fourth-order valence-electron chi connectivity index (χ4n) is 2.54. The fraction of sp³-hybridized carbons (Fsp3) is 0.333. The third-order valence-electron chi connectivity index (χ3n) is 3.74. The summed E-state index contributed by atoms with van der Waals surface area (Å²) in [6.07, 6.45) is 0. The molecule has 0 aliphatic rings. The van der Waals surface area contributed by atoms with Crippen molar-refractivity contribution < 1.29 is 4.21 Å². The zero-order chi connectivity index (χ0) is 15.6. The van der Waals surface area contributed by atoms with Crippen molar-refractivity contribution >= 4 is 10.8 Å². The summed E-state index contributed by atoms with van der Waals surface area (Å²) >= 11 is 0. The minimum Gasteiger partial charge on any atom is -0.323 e. The third kappa shape index (κ3) is 3.80. The van der Waals surface area contributed by atoms with Crippen LogP contribution in [0.15, 0.2) is 41.3 Å². The number of benzene rings is 2. The molecule has 0 amide bonds. The van der Waals surface area contributed by atoms with Crippen LogP contribution in [0.2, 0.25) is 0 Å². The Kier molecular flexibility index (Phi) is 4.96. The van der Waals surface area contributed by atoms with E-state index in [0.717, 1.165) is 21.6 Å². The molecule has 2 nitrogen and oxygen atoms in total. The van der Waals surface area contributed by atoms with E-state index in [2.05, 4.69) is 32.0 Å². The highest BCUT2D eigenvalue weighted by Gasteiger charge is 2.15. The van der Waals surface area contributed by atoms with E-state index < -0.39 is 10.8 Å². The molecule has 2 atom stereocenters. The van der Waals surface area contributed by atoms with Gasteiger partial charge in [-0.1, -0.05) is 35.9 Å². The summed E-state index contributed by atoms with van der Waals surface area (Å²) in [6, 6.07) is 12.1. The lowest BCUT2D eigenvalue weighted by atomic mass is 10.0. The standard InChI is InChI=1S/C18H23NOS/c1-12-6-8-16(15(4)9-12)17(19)11-21(20)18-10-13(2)5-7-14(18)3/h5-10,17H,11,19H2,1-4H3. The molecule has 0 radical (unpaired) electrons. The van der Waals surface area contributed by atoms with Crippen molar-refractivity contribution in [3.05, 3.63) is 64.2 Å². The molecular formula is C18H23NOS. The van der Waals surface area contributed by atoms with Crippen LogP contribution in [-0.4, -0.2) is 9.96 Å². The predicted octanol–water partition coefficient (Wildman–Crippen LogP) is 3.73. The zero-order valence-corrected chi connectivity index (χ0v) is 14.0. The lowest BCUT2D eigenvalue weighted by molar-refractivity contribution is 0.674. The minimum absolute atomic E-state index is 0.202. The van der Waals surface area contributed by atoms with E-state index in [1.807, 2.05) is 32.0 Å². The monoisotopic (exact) mass is 301 g/mol. The zero-order valence-electron chi connectivity index (χ0n) is 13.1. The maximum Gasteiger partial charge on any atom is 0.0551 e. The molecule has 0 spiro atoms. The molecule has 2 aromatic rings. The highest BCUT2D eigenvalue weighted by atomic mass is 32.2. The molecule has 0 aliphatic heterocycles. The lowest BCUT2D eigenvalue weighted by Gasteiger charge is -2.16. The van der Waals surface area contributed by atoms with E-state index in [4.69, 9.17) is 5.73 Å². The molecule has 2 unspecified atom stereocenters. The van der Waals surface area contributed by atoms with Gasteiger partial charge in [-0.15, -0.1) is 0 Å². The molecule has 0 aromatic heterocycles. The van der Waals surface area contributed by atoms with Gasteiger partial charge in [-0.05, 0) is 56.0 Å². The summed E-state index contributed by atoms with van der Waals surface area (Å²) in [6.45, 7) is 8.14. The van der Waals surface area contributed by atoms with Crippen LogP contribution in [0.3, 0.4) is 0 Å².